The molecule has 1 aliphatic rings. The molecule has 1 heterocycles. The van der Waals surface area contributed by atoms with Gasteiger partial charge in [0.1, 0.15) is 0 Å². The SMILES string of the molecule is CC(C)NCc1cncn1CC1C(C)(C)C1(C)C. The zero-order valence-corrected chi connectivity index (χ0v) is 12.6. The number of nitrogens with one attached hydrogen (secondary N) is 1. The molecule has 0 radical (unpaired) electrons. The van der Waals surface area contributed by atoms with Crippen LogP contribution in [-0.4, -0.2) is 15.6 Å². The van der Waals surface area contributed by atoms with Crippen molar-refractivity contribution in [1.82, 2.24) is 14.9 Å². The van der Waals surface area contributed by atoms with Crippen LogP contribution in [-0.2, 0) is 13.1 Å². The molecule has 0 atom stereocenters. The van der Waals surface area contributed by atoms with Gasteiger partial charge in [-0.2, -0.15) is 0 Å². The highest BCUT2D eigenvalue weighted by atomic mass is 15.1. The number of aromatic nitrogens is 2. The zero-order chi connectivity index (χ0) is 13.6. The molecule has 0 amide bonds. The monoisotopic (exact) mass is 249 g/mol. The van der Waals surface area contributed by atoms with Gasteiger partial charge in [-0.1, -0.05) is 41.5 Å². The molecule has 18 heavy (non-hydrogen) atoms. The van der Waals surface area contributed by atoms with E-state index in [2.05, 4.69) is 56.4 Å². The third kappa shape index (κ3) is 2.20. The summed E-state index contributed by atoms with van der Waals surface area (Å²) < 4.78 is 2.32. The van der Waals surface area contributed by atoms with Crippen molar-refractivity contribution in [2.45, 2.75) is 60.7 Å². The molecule has 0 unspecified atom stereocenters. The van der Waals surface area contributed by atoms with Crippen LogP contribution >= 0.6 is 0 Å². The fraction of sp³-hybridized carbons (Fsp3) is 0.800. The molecular formula is C15H27N3. The summed E-state index contributed by atoms with van der Waals surface area (Å²) >= 11 is 0. The molecule has 2 rings (SSSR count). The fourth-order valence-corrected chi connectivity index (χ4v) is 2.95. The lowest BCUT2D eigenvalue weighted by Gasteiger charge is -2.12. The van der Waals surface area contributed by atoms with Gasteiger partial charge in [0.05, 0.1) is 12.0 Å². The third-order valence-electron chi connectivity index (χ3n) is 5.19. The van der Waals surface area contributed by atoms with Crippen LogP contribution in [0.4, 0.5) is 0 Å². The first-order valence-corrected chi connectivity index (χ1v) is 6.99. The second-order valence-corrected chi connectivity index (χ2v) is 7.07. The van der Waals surface area contributed by atoms with Gasteiger partial charge >= 0.3 is 0 Å². The van der Waals surface area contributed by atoms with E-state index in [1.54, 1.807) is 0 Å². The van der Waals surface area contributed by atoms with Crippen LogP contribution in [0.3, 0.4) is 0 Å². The molecule has 0 saturated heterocycles. The van der Waals surface area contributed by atoms with Crippen molar-refractivity contribution in [3.8, 4) is 0 Å². The number of hydrogen-bond acceptors (Lipinski definition) is 2. The van der Waals surface area contributed by atoms with Crippen LogP contribution in [0.5, 0.6) is 0 Å². The van der Waals surface area contributed by atoms with Crippen LogP contribution in [0.25, 0.3) is 0 Å². The molecule has 0 aromatic carbocycles. The van der Waals surface area contributed by atoms with Crippen molar-refractivity contribution >= 4 is 0 Å². The molecule has 0 spiro atoms. The minimum absolute atomic E-state index is 0.444. The highest BCUT2D eigenvalue weighted by molar-refractivity contribution is 5.13. The Bertz CT molecular complexity index is 401. The molecule has 0 aliphatic heterocycles. The lowest BCUT2D eigenvalue weighted by molar-refractivity contribution is 0.457. The molecule has 1 fully saturated rings. The Balaban J connectivity index is 2.01. The predicted octanol–water partition coefficient (Wildman–Crippen LogP) is 3.06. The molecule has 0 bridgehead atoms. The fourth-order valence-electron chi connectivity index (χ4n) is 2.95. The largest absolute Gasteiger partial charge is 0.333 e. The summed E-state index contributed by atoms with van der Waals surface area (Å²) in [4.78, 5) is 4.30. The highest BCUT2D eigenvalue weighted by Gasteiger charge is 2.64. The first-order chi connectivity index (χ1) is 8.26. The second-order valence-electron chi connectivity index (χ2n) is 7.07. The van der Waals surface area contributed by atoms with Crippen molar-refractivity contribution in [3.63, 3.8) is 0 Å². The smallest absolute Gasteiger partial charge is 0.0948 e. The van der Waals surface area contributed by atoms with E-state index in [1.165, 1.54) is 5.69 Å². The molecule has 1 aromatic heterocycles. The highest BCUT2D eigenvalue weighted by Crippen LogP contribution is 2.68. The molecule has 102 valence electrons. The van der Waals surface area contributed by atoms with Gasteiger partial charge in [0.2, 0.25) is 0 Å². The minimum atomic E-state index is 0.444. The summed E-state index contributed by atoms with van der Waals surface area (Å²) in [6, 6.07) is 0.516. The average Bonchev–Trinajstić information content (AvgIpc) is 2.64. The van der Waals surface area contributed by atoms with E-state index in [1.807, 2.05) is 12.5 Å². The van der Waals surface area contributed by atoms with Crippen molar-refractivity contribution in [2.75, 3.05) is 0 Å². The molecule has 1 aliphatic carbocycles. The van der Waals surface area contributed by atoms with Gasteiger partial charge in [0.15, 0.2) is 0 Å². The van der Waals surface area contributed by atoms with E-state index in [9.17, 15) is 0 Å². The van der Waals surface area contributed by atoms with E-state index < -0.39 is 0 Å². The molecule has 1 N–H and O–H groups in total. The number of hydrogen-bond donors (Lipinski definition) is 1. The average molecular weight is 249 g/mol. The molecular weight excluding hydrogens is 222 g/mol. The lowest BCUT2D eigenvalue weighted by atomic mass is 10.0. The maximum absolute atomic E-state index is 4.30. The number of imidazole rings is 1. The molecule has 3 nitrogen and oxygen atoms in total. The van der Waals surface area contributed by atoms with Gasteiger partial charge in [0, 0.05) is 25.3 Å². The van der Waals surface area contributed by atoms with E-state index in [4.69, 9.17) is 0 Å². The van der Waals surface area contributed by atoms with Crippen LogP contribution in [0, 0.1) is 16.7 Å². The third-order valence-corrected chi connectivity index (χ3v) is 5.19. The molecule has 1 aromatic rings. The summed E-state index contributed by atoms with van der Waals surface area (Å²) in [5, 5.41) is 3.46. The summed E-state index contributed by atoms with van der Waals surface area (Å²) in [5.41, 5.74) is 2.18. The van der Waals surface area contributed by atoms with E-state index in [0.717, 1.165) is 19.0 Å². The van der Waals surface area contributed by atoms with Gasteiger partial charge in [-0.05, 0) is 16.7 Å². The van der Waals surface area contributed by atoms with Gasteiger partial charge in [-0.3, -0.25) is 0 Å². The van der Waals surface area contributed by atoms with Crippen LogP contribution in [0.1, 0.15) is 47.2 Å². The van der Waals surface area contributed by atoms with Gasteiger partial charge in [0.25, 0.3) is 0 Å². The van der Waals surface area contributed by atoms with Crippen molar-refractivity contribution in [2.24, 2.45) is 16.7 Å². The van der Waals surface area contributed by atoms with Crippen LogP contribution < -0.4 is 5.32 Å². The lowest BCUT2D eigenvalue weighted by Crippen LogP contribution is -2.23. The van der Waals surface area contributed by atoms with E-state index in [0.29, 0.717) is 16.9 Å². The molecule has 1 saturated carbocycles. The quantitative estimate of drug-likeness (QED) is 0.869. The van der Waals surface area contributed by atoms with Crippen LogP contribution in [0.15, 0.2) is 12.5 Å². The maximum Gasteiger partial charge on any atom is 0.0948 e. The standard InChI is InChI=1S/C15H27N3/c1-11(2)17-8-12-7-16-10-18(12)9-13-14(3,4)15(13,5)6/h7,10-11,13,17H,8-9H2,1-6H3. The Morgan fingerprint density at radius 3 is 2.39 bits per heavy atom. The van der Waals surface area contributed by atoms with Crippen LogP contribution in [0.2, 0.25) is 0 Å². The van der Waals surface area contributed by atoms with Gasteiger partial charge in [-0.15, -0.1) is 0 Å². The first-order valence-electron chi connectivity index (χ1n) is 6.99. The second kappa shape index (κ2) is 4.37. The maximum atomic E-state index is 4.30. The summed E-state index contributed by atoms with van der Waals surface area (Å²) in [5.74, 6) is 0.747. The Morgan fingerprint density at radius 1 is 1.28 bits per heavy atom. The Morgan fingerprint density at radius 2 is 1.89 bits per heavy atom. The van der Waals surface area contributed by atoms with E-state index >= 15 is 0 Å². The number of nitrogens with zero attached hydrogens (tertiary/aromatic N) is 2. The Hall–Kier alpha value is -0.830. The minimum Gasteiger partial charge on any atom is -0.333 e. The van der Waals surface area contributed by atoms with Crippen molar-refractivity contribution in [3.05, 3.63) is 18.2 Å². The normalized spacial score (nSPS) is 21.5. The van der Waals surface area contributed by atoms with Crippen molar-refractivity contribution < 1.29 is 0 Å². The van der Waals surface area contributed by atoms with Gasteiger partial charge < -0.3 is 9.88 Å². The zero-order valence-electron chi connectivity index (χ0n) is 12.6. The first kappa shape index (κ1) is 13.6. The summed E-state index contributed by atoms with van der Waals surface area (Å²) in [6.07, 6.45) is 3.96. The Labute approximate surface area is 111 Å². The van der Waals surface area contributed by atoms with Gasteiger partial charge in [-0.25, -0.2) is 4.98 Å². The Kier molecular flexibility index (Phi) is 3.30. The predicted molar refractivity (Wildman–Crippen MR) is 75.3 cm³/mol. The van der Waals surface area contributed by atoms with Crippen molar-refractivity contribution in [1.29, 1.82) is 0 Å². The topological polar surface area (TPSA) is 29.9 Å². The summed E-state index contributed by atoms with van der Waals surface area (Å²) in [6.45, 7) is 15.9. The number of rotatable bonds is 5. The summed E-state index contributed by atoms with van der Waals surface area (Å²) in [7, 11) is 0. The molecule has 3 heteroatoms. The van der Waals surface area contributed by atoms with E-state index in [-0.39, 0.29) is 0 Å².